The monoisotopic (exact) mass is 348 g/mol. The molecular weight excluding hydrogens is 328 g/mol. The fourth-order valence-corrected chi connectivity index (χ4v) is 2.46. The number of carbonyl (C=O) groups excluding carboxylic acids is 1. The van der Waals surface area contributed by atoms with Crippen molar-refractivity contribution in [2.45, 2.75) is 20.4 Å². The van der Waals surface area contributed by atoms with Crippen LogP contribution in [0.5, 0.6) is 5.75 Å². The van der Waals surface area contributed by atoms with Crippen molar-refractivity contribution in [2.24, 2.45) is 0 Å². The lowest BCUT2D eigenvalue weighted by Gasteiger charge is -2.22. The van der Waals surface area contributed by atoms with Gasteiger partial charge in [-0.05, 0) is 48.7 Å². The van der Waals surface area contributed by atoms with Crippen molar-refractivity contribution in [1.29, 1.82) is 0 Å². The predicted octanol–water partition coefficient (Wildman–Crippen LogP) is 2.75. The number of hydrogen-bond donors (Lipinski definition) is 1. The summed E-state index contributed by atoms with van der Waals surface area (Å²) in [6.45, 7) is 4.21. The van der Waals surface area contributed by atoms with Gasteiger partial charge in [-0.2, -0.15) is 0 Å². The van der Waals surface area contributed by atoms with E-state index in [2.05, 4.69) is 4.98 Å². The van der Waals surface area contributed by atoms with Gasteiger partial charge in [0.2, 0.25) is 0 Å². The Morgan fingerprint density at radius 1 is 1.33 bits per heavy atom. The van der Waals surface area contributed by atoms with E-state index in [4.69, 9.17) is 16.3 Å². The fraction of sp³-hybridized carbons (Fsp3) is 0.333. The number of aliphatic hydroxyl groups excluding tert-OH is 1. The molecule has 5 nitrogen and oxygen atoms in total. The number of aromatic nitrogens is 1. The van der Waals surface area contributed by atoms with Gasteiger partial charge in [-0.1, -0.05) is 17.7 Å². The maximum absolute atomic E-state index is 12.4. The van der Waals surface area contributed by atoms with Gasteiger partial charge in [0.1, 0.15) is 5.75 Å². The van der Waals surface area contributed by atoms with Gasteiger partial charge in [0, 0.05) is 30.5 Å². The summed E-state index contributed by atoms with van der Waals surface area (Å²) < 4.78 is 5.60. The number of nitrogens with zero attached hydrogens (tertiary/aromatic N) is 2. The van der Waals surface area contributed by atoms with Crippen molar-refractivity contribution >= 4 is 17.5 Å². The molecule has 24 heavy (non-hydrogen) atoms. The number of ether oxygens (including phenoxy) is 1. The lowest BCUT2D eigenvalue weighted by Crippen LogP contribution is -2.36. The first-order valence-electron chi connectivity index (χ1n) is 7.68. The molecule has 6 heteroatoms. The van der Waals surface area contributed by atoms with Crippen LogP contribution in [0.15, 0.2) is 36.7 Å². The van der Waals surface area contributed by atoms with E-state index in [-0.39, 0.29) is 25.7 Å². The van der Waals surface area contributed by atoms with Crippen LogP contribution in [-0.4, -0.2) is 40.7 Å². The van der Waals surface area contributed by atoms with E-state index >= 15 is 0 Å². The Morgan fingerprint density at radius 2 is 2.04 bits per heavy atom. The molecule has 0 aliphatic carbocycles. The van der Waals surface area contributed by atoms with E-state index < -0.39 is 0 Å². The Bertz CT molecular complexity index is 669. The second-order valence-corrected chi connectivity index (χ2v) is 5.94. The molecule has 0 aliphatic rings. The number of rotatable bonds is 7. The standard InChI is InChI=1S/C18H21ClN2O3/c1-13-8-16(9-14(2)18(13)19)24-12-17(23)21(6-7-22)11-15-4-3-5-20-10-15/h3-5,8-10,22H,6-7,11-12H2,1-2H3. The maximum atomic E-state index is 12.4. The van der Waals surface area contributed by atoms with E-state index in [1.165, 1.54) is 0 Å². The average molecular weight is 349 g/mol. The van der Waals surface area contributed by atoms with E-state index in [1.54, 1.807) is 29.4 Å². The number of amides is 1. The minimum atomic E-state index is -0.196. The third-order valence-corrected chi connectivity index (χ3v) is 4.19. The second-order valence-electron chi connectivity index (χ2n) is 5.56. The molecule has 0 saturated carbocycles. The summed E-state index contributed by atoms with van der Waals surface area (Å²) in [6.07, 6.45) is 3.38. The summed E-state index contributed by atoms with van der Waals surface area (Å²) in [5.41, 5.74) is 2.71. The van der Waals surface area contributed by atoms with Crippen molar-refractivity contribution in [3.8, 4) is 5.75 Å². The zero-order valence-electron chi connectivity index (χ0n) is 13.8. The minimum absolute atomic E-state index is 0.0965. The molecule has 0 unspecified atom stereocenters. The highest BCUT2D eigenvalue weighted by atomic mass is 35.5. The van der Waals surface area contributed by atoms with Gasteiger partial charge in [-0.25, -0.2) is 0 Å². The van der Waals surface area contributed by atoms with Crippen LogP contribution in [0.3, 0.4) is 0 Å². The van der Waals surface area contributed by atoms with Crippen LogP contribution in [-0.2, 0) is 11.3 Å². The maximum Gasteiger partial charge on any atom is 0.260 e. The van der Waals surface area contributed by atoms with Crippen LogP contribution < -0.4 is 4.74 Å². The van der Waals surface area contributed by atoms with Gasteiger partial charge in [0.15, 0.2) is 6.61 Å². The Balaban J connectivity index is 2.00. The molecular formula is C18H21ClN2O3. The summed E-state index contributed by atoms with van der Waals surface area (Å²) in [5, 5.41) is 9.89. The molecule has 1 N–H and O–H groups in total. The molecule has 1 amide bonds. The van der Waals surface area contributed by atoms with Crippen LogP contribution in [0, 0.1) is 13.8 Å². The number of carbonyl (C=O) groups is 1. The van der Waals surface area contributed by atoms with Crippen LogP contribution in [0.2, 0.25) is 5.02 Å². The summed E-state index contributed by atoms with van der Waals surface area (Å²) in [4.78, 5) is 18.0. The molecule has 0 spiro atoms. The smallest absolute Gasteiger partial charge is 0.260 e. The van der Waals surface area contributed by atoms with Gasteiger partial charge in [0.25, 0.3) is 5.91 Å². The highest BCUT2D eigenvalue weighted by Crippen LogP contribution is 2.25. The Labute approximate surface area is 146 Å². The topological polar surface area (TPSA) is 62.7 Å². The van der Waals surface area contributed by atoms with Gasteiger partial charge >= 0.3 is 0 Å². The number of pyridine rings is 1. The van der Waals surface area contributed by atoms with Crippen molar-refractivity contribution in [3.05, 3.63) is 58.4 Å². The first-order chi connectivity index (χ1) is 11.5. The highest BCUT2D eigenvalue weighted by molar-refractivity contribution is 6.32. The Morgan fingerprint density at radius 3 is 2.62 bits per heavy atom. The molecule has 0 saturated heterocycles. The number of hydrogen-bond acceptors (Lipinski definition) is 4. The van der Waals surface area contributed by atoms with E-state index in [0.29, 0.717) is 17.3 Å². The zero-order valence-corrected chi connectivity index (χ0v) is 14.6. The third kappa shape index (κ3) is 4.94. The molecule has 128 valence electrons. The Hall–Kier alpha value is -2.11. The predicted molar refractivity (Wildman–Crippen MR) is 93.2 cm³/mol. The van der Waals surface area contributed by atoms with E-state index in [0.717, 1.165) is 16.7 Å². The second kappa shape index (κ2) is 8.66. The van der Waals surface area contributed by atoms with Crippen molar-refractivity contribution in [3.63, 3.8) is 0 Å². The number of benzene rings is 1. The summed E-state index contributed by atoms with van der Waals surface area (Å²) in [6, 6.07) is 7.31. The zero-order chi connectivity index (χ0) is 17.5. The van der Waals surface area contributed by atoms with Crippen LogP contribution in [0.1, 0.15) is 16.7 Å². The minimum Gasteiger partial charge on any atom is -0.484 e. The van der Waals surface area contributed by atoms with Gasteiger partial charge in [0.05, 0.1) is 6.61 Å². The van der Waals surface area contributed by atoms with E-state index in [1.807, 2.05) is 26.0 Å². The number of aliphatic hydroxyl groups is 1. The summed E-state index contributed by atoms with van der Waals surface area (Å²) >= 11 is 6.13. The van der Waals surface area contributed by atoms with Gasteiger partial charge in [-0.15, -0.1) is 0 Å². The molecule has 0 aliphatic heterocycles. The van der Waals surface area contributed by atoms with Crippen molar-refractivity contribution in [2.75, 3.05) is 19.8 Å². The number of halogens is 1. The molecule has 1 heterocycles. The molecule has 0 bridgehead atoms. The normalized spacial score (nSPS) is 10.5. The molecule has 0 atom stereocenters. The highest BCUT2D eigenvalue weighted by Gasteiger charge is 2.15. The van der Waals surface area contributed by atoms with Crippen molar-refractivity contribution < 1.29 is 14.6 Å². The van der Waals surface area contributed by atoms with E-state index in [9.17, 15) is 9.90 Å². The average Bonchev–Trinajstić information content (AvgIpc) is 2.58. The van der Waals surface area contributed by atoms with Gasteiger partial charge in [-0.3, -0.25) is 9.78 Å². The molecule has 2 aromatic rings. The fourth-order valence-electron chi connectivity index (χ4n) is 2.35. The van der Waals surface area contributed by atoms with Gasteiger partial charge < -0.3 is 14.7 Å². The molecule has 0 fully saturated rings. The Kier molecular flexibility index (Phi) is 6.58. The third-order valence-electron chi connectivity index (χ3n) is 3.59. The molecule has 0 radical (unpaired) electrons. The first kappa shape index (κ1) is 18.2. The number of aryl methyl sites for hydroxylation is 2. The van der Waals surface area contributed by atoms with Crippen LogP contribution in [0.25, 0.3) is 0 Å². The van der Waals surface area contributed by atoms with Crippen molar-refractivity contribution in [1.82, 2.24) is 9.88 Å². The quantitative estimate of drug-likeness (QED) is 0.835. The first-order valence-corrected chi connectivity index (χ1v) is 8.06. The lowest BCUT2D eigenvalue weighted by atomic mass is 10.1. The van der Waals surface area contributed by atoms with Crippen LogP contribution in [0.4, 0.5) is 0 Å². The SMILES string of the molecule is Cc1cc(OCC(=O)N(CCO)Cc2cccnc2)cc(C)c1Cl. The summed E-state index contributed by atoms with van der Waals surface area (Å²) in [5.74, 6) is 0.409. The molecule has 1 aromatic carbocycles. The lowest BCUT2D eigenvalue weighted by molar-refractivity contribution is -0.134. The largest absolute Gasteiger partial charge is 0.484 e. The molecule has 2 rings (SSSR count). The molecule has 1 aromatic heterocycles. The summed E-state index contributed by atoms with van der Waals surface area (Å²) in [7, 11) is 0. The van der Waals surface area contributed by atoms with Crippen LogP contribution >= 0.6 is 11.6 Å².